The highest BCUT2D eigenvalue weighted by atomic mass is 35.5. The molecular weight excluding hydrogens is 367 g/mol. The maximum Gasteiger partial charge on any atom is 0.422 e. The molecule has 0 aliphatic heterocycles. The molecule has 0 bridgehead atoms. The minimum absolute atomic E-state index is 0. The largest absolute Gasteiger partial charge is 0.484 e. The van der Waals surface area contributed by atoms with Crippen molar-refractivity contribution in [2.45, 2.75) is 19.5 Å². The molecule has 0 saturated carbocycles. The van der Waals surface area contributed by atoms with Crippen molar-refractivity contribution in [3.05, 3.63) is 33.9 Å². The average molecular weight is 386 g/mol. The molecule has 1 amide bonds. The van der Waals surface area contributed by atoms with Gasteiger partial charge < -0.3 is 15.4 Å². The molecule has 11 heteroatoms. The Kier molecular flexibility index (Phi) is 9.84. The molecule has 1 aromatic rings. The van der Waals surface area contributed by atoms with Crippen molar-refractivity contribution in [3.8, 4) is 5.75 Å². The number of nitrogens with one attached hydrogen (secondary N) is 2. The van der Waals surface area contributed by atoms with Crippen LogP contribution in [0.5, 0.6) is 5.75 Å². The van der Waals surface area contributed by atoms with Gasteiger partial charge in [-0.2, -0.15) is 13.2 Å². The van der Waals surface area contributed by atoms with E-state index in [4.69, 9.17) is 0 Å². The van der Waals surface area contributed by atoms with E-state index in [1.165, 1.54) is 0 Å². The van der Waals surface area contributed by atoms with Gasteiger partial charge in [-0.1, -0.05) is 6.92 Å². The van der Waals surface area contributed by atoms with Gasteiger partial charge in [-0.05, 0) is 25.1 Å². The molecule has 1 aromatic carbocycles. The summed E-state index contributed by atoms with van der Waals surface area (Å²) >= 11 is 0. The number of amides is 1. The fourth-order valence-corrected chi connectivity index (χ4v) is 1.77. The summed E-state index contributed by atoms with van der Waals surface area (Å²) in [7, 11) is 0. The third-order valence-electron chi connectivity index (χ3n) is 2.83. The van der Waals surface area contributed by atoms with Crippen LogP contribution in [0.1, 0.15) is 23.7 Å². The van der Waals surface area contributed by atoms with Crippen LogP contribution in [0.15, 0.2) is 18.2 Å². The summed E-state index contributed by atoms with van der Waals surface area (Å²) in [5.74, 6) is -1.02. The second-order valence-electron chi connectivity index (χ2n) is 4.85. The number of ether oxygens (including phenoxy) is 1. The van der Waals surface area contributed by atoms with Crippen molar-refractivity contribution in [1.82, 2.24) is 10.6 Å². The molecule has 0 saturated heterocycles. The van der Waals surface area contributed by atoms with Gasteiger partial charge in [0.1, 0.15) is 11.3 Å². The van der Waals surface area contributed by atoms with Crippen LogP contribution >= 0.6 is 12.4 Å². The molecule has 1 rings (SSSR count). The highest BCUT2D eigenvalue weighted by molar-refractivity contribution is 5.98. The average Bonchev–Trinajstić information content (AvgIpc) is 2.51. The number of nitro benzene ring substituents is 1. The third-order valence-corrected chi connectivity index (χ3v) is 2.83. The molecular formula is C14H19ClF3N3O4. The molecule has 7 nitrogen and oxygen atoms in total. The number of nitrogens with zero attached hydrogens (tertiary/aromatic N) is 1. The molecule has 0 radical (unpaired) electrons. The number of carbonyl (C=O) groups excluding carboxylic acids is 1. The first-order valence-corrected chi connectivity index (χ1v) is 7.21. The van der Waals surface area contributed by atoms with Crippen LogP contribution in [0.2, 0.25) is 0 Å². The number of nitro groups is 1. The SMILES string of the molecule is CCCNCCNC(=O)c1cc(OCC(F)(F)F)ccc1[N+](=O)[O-].Cl. The smallest absolute Gasteiger partial charge is 0.422 e. The van der Waals surface area contributed by atoms with E-state index in [1.54, 1.807) is 0 Å². The molecule has 0 heterocycles. The van der Waals surface area contributed by atoms with Crippen LogP contribution < -0.4 is 15.4 Å². The van der Waals surface area contributed by atoms with Gasteiger partial charge in [0.15, 0.2) is 6.61 Å². The van der Waals surface area contributed by atoms with Gasteiger partial charge in [0.2, 0.25) is 0 Å². The van der Waals surface area contributed by atoms with Crippen molar-refractivity contribution in [2.24, 2.45) is 0 Å². The zero-order valence-electron chi connectivity index (χ0n) is 13.4. The molecule has 25 heavy (non-hydrogen) atoms. The maximum absolute atomic E-state index is 12.2. The predicted molar refractivity (Wildman–Crippen MR) is 87.4 cm³/mol. The molecule has 142 valence electrons. The van der Waals surface area contributed by atoms with E-state index < -0.39 is 29.3 Å². The summed E-state index contributed by atoms with van der Waals surface area (Å²) in [6.45, 7) is 1.88. The van der Waals surface area contributed by atoms with E-state index in [9.17, 15) is 28.1 Å². The first-order chi connectivity index (χ1) is 11.2. The monoisotopic (exact) mass is 385 g/mol. The number of benzene rings is 1. The second-order valence-corrected chi connectivity index (χ2v) is 4.85. The minimum atomic E-state index is -4.55. The van der Waals surface area contributed by atoms with Crippen molar-refractivity contribution in [2.75, 3.05) is 26.2 Å². The zero-order chi connectivity index (χ0) is 18.2. The molecule has 0 spiro atoms. The number of hydrogen-bond donors (Lipinski definition) is 2. The highest BCUT2D eigenvalue weighted by Gasteiger charge is 2.29. The van der Waals surface area contributed by atoms with Crippen LogP contribution in [0, 0.1) is 10.1 Å². The van der Waals surface area contributed by atoms with E-state index in [0.717, 1.165) is 31.2 Å². The van der Waals surface area contributed by atoms with Crippen molar-refractivity contribution >= 4 is 24.0 Å². The van der Waals surface area contributed by atoms with Crippen molar-refractivity contribution < 1.29 is 27.6 Å². The van der Waals surface area contributed by atoms with Gasteiger partial charge in [-0.3, -0.25) is 14.9 Å². The lowest BCUT2D eigenvalue weighted by Crippen LogP contribution is -2.32. The minimum Gasteiger partial charge on any atom is -0.484 e. The molecule has 0 aliphatic carbocycles. The Morgan fingerprint density at radius 1 is 1.28 bits per heavy atom. The Hall–Kier alpha value is -2.07. The first kappa shape index (κ1) is 22.9. The van der Waals surface area contributed by atoms with Gasteiger partial charge in [0.25, 0.3) is 11.6 Å². The number of rotatable bonds is 9. The van der Waals surface area contributed by atoms with Gasteiger partial charge >= 0.3 is 6.18 Å². The van der Waals surface area contributed by atoms with E-state index in [2.05, 4.69) is 15.4 Å². The van der Waals surface area contributed by atoms with Crippen LogP contribution in [-0.2, 0) is 0 Å². The lowest BCUT2D eigenvalue weighted by molar-refractivity contribution is -0.385. The molecule has 0 fully saturated rings. The zero-order valence-corrected chi connectivity index (χ0v) is 14.2. The van der Waals surface area contributed by atoms with Crippen LogP contribution in [0.3, 0.4) is 0 Å². The molecule has 2 N–H and O–H groups in total. The third kappa shape index (κ3) is 8.54. The lowest BCUT2D eigenvalue weighted by Gasteiger charge is -2.11. The van der Waals surface area contributed by atoms with E-state index >= 15 is 0 Å². The summed E-state index contributed by atoms with van der Waals surface area (Å²) in [6, 6.07) is 2.89. The Bertz CT molecular complexity index is 585. The fraction of sp³-hybridized carbons (Fsp3) is 0.500. The fourth-order valence-electron chi connectivity index (χ4n) is 1.77. The van der Waals surface area contributed by atoms with Gasteiger partial charge in [-0.15, -0.1) is 12.4 Å². The van der Waals surface area contributed by atoms with Gasteiger partial charge in [-0.25, -0.2) is 0 Å². The van der Waals surface area contributed by atoms with Crippen molar-refractivity contribution in [1.29, 1.82) is 0 Å². The normalized spacial score (nSPS) is 10.7. The molecule has 0 aliphatic rings. The lowest BCUT2D eigenvalue weighted by atomic mass is 10.1. The van der Waals surface area contributed by atoms with Crippen LogP contribution in [0.25, 0.3) is 0 Å². The number of carbonyl (C=O) groups is 1. The summed E-state index contributed by atoms with van der Waals surface area (Å²) < 4.78 is 41.0. The maximum atomic E-state index is 12.2. The Morgan fingerprint density at radius 3 is 2.52 bits per heavy atom. The molecule has 0 aromatic heterocycles. The van der Waals surface area contributed by atoms with E-state index in [0.29, 0.717) is 6.54 Å². The predicted octanol–water partition coefficient (Wildman–Crippen LogP) is 2.69. The standard InChI is InChI=1S/C14H18F3N3O4.ClH/c1-2-5-18-6-7-19-13(21)11-8-10(24-9-14(15,16)17)3-4-12(11)20(22)23;/h3-4,8,18H,2,5-7,9H2,1H3,(H,19,21);1H. The summed E-state index contributed by atoms with van der Waals surface area (Å²) in [6.07, 6.45) is -3.63. The Morgan fingerprint density at radius 2 is 1.96 bits per heavy atom. The number of halogens is 4. The first-order valence-electron chi connectivity index (χ1n) is 7.21. The van der Waals surface area contributed by atoms with Crippen molar-refractivity contribution in [3.63, 3.8) is 0 Å². The van der Waals surface area contributed by atoms with E-state index in [1.807, 2.05) is 6.92 Å². The van der Waals surface area contributed by atoms with E-state index in [-0.39, 0.29) is 30.3 Å². The Balaban J connectivity index is 0.00000576. The second kappa shape index (κ2) is 10.7. The molecule has 0 unspecified atom stereocenters. The summed E-state index contributed by atoms with van der Waals surface area (Å²) in [5, 5.41) is 16.5. The number of alkyl halides is 3. The van der Waals surface area contributed by atoms with Gasteiger partial charge in [0.05, 0.1) is 4.92 Å². The highest BCUT2D eigenvalue weighted by Crippen LogP contribution is 2.25. The number of hydrogen-bond acceptors (Lipinski definition) is 5. The quantitative estimate of drug-likeness (QED) is 0.387. The topological polar surface area (TPSA) is 93.5 Å². The van der Waals surface area contributed by atoms with Crippen LogP contribution in [-0.4, -0.2) is 43.2 Å². The molecule has 0 atom stereocenters. The Labute approximate surface area is 148 Å². The summed E-state index contributed by atoms with van der Waals surface area (Å²) in [4.78, 5) is 22.2. The van der Waals surface area contributed by atoms with Crippen LogP contribution in [0.4, 0.5) is 18.9 Å². The summed E-state index contributed by atoms with van der Waals surface area (Å²) in [5.41, 5.74) is -0.858. The van der Waals surface area contributed by atoms with Gasteiger partial charge in [0, 0.05) is 19.2 Å².